The van der Waals surface area contributed by atoms with Gasteiger partial charge in [0.25, 0.3) is 0 Å². The van der Waals surface area contributed by atoms with Crippen LogP contribution in [0.15, 0.2) is 42.6 Å². The molecule has 0 atom stereocenters. The minimum atomic E-state index is -4.51. The van der Waals surface area contributed by atoms with E-state index in [9.17, 15) is 18.0 Å². The van der Waals surface area contributed by atoms with Crippen LogP contribution < -0.4 is 5.32 Å². The first-order valence-electron chi connectivity index (χ1n) is 8.60. The molecule has 0 saturated carbocycles. The van der Waals surface area contributed by atoms with E-state index in [1.807, 2.05) is 6.92 Å². The monoisotopic (exact) mass is 392 g/mol. The van der Waals surface area contributed by atoms with Crippen LogP contribution in [0.5, 0.6) is 5.75 Å². The summed E-state index contributed by atoms with van der Waals surface area (Å²) >= 11 is 0. The van der Waals surface area contributed by atoms with Gasteiger partial charge in [-0.25, -0.2) is 0 Å². The molecule has 0 bridgehead atoms. The van der Waals surface area contributed by atoms with E-state index in [1.165, 1.54) is 6.07 Å². The van der Waals surface area contributed by atoms with E-state index < -0.39 is 17.3 Å². The Bertz CT molecular complexity index is 840. The Morgan fingerprint density at radius 2 is 1.89 bits per heavy atom. The SMILES string of the molecule is C#Cc1ccccc1O.CCCC(C)(C)C(=O)Nc1ccnc(C(F)(F)F)c1. The number of aromatic hydroxyl groups is 1. The zero-order valence-electron chi connectivity index (χ0n) is 16.0. The number of benzene rings is 1. The maximum atomic E-state index is 12.5. The molecule has 0 radical (unpaired) electrons. The molecule has 1 amide bonds. The first-order valence-corrected chi connectivity index (χ1v) is 8.60. The van der Waals surface area contributed by atoms with E-state index in [0.29, 0.717) is 12.0 Å². The Balaban J connectivity index is 0.000000362. The van der Waals surface area contributed by atoms with Gasteiger partial charge in [0.2, 0.25) is 5.91 Å². The number of carbonyl (C=O) groups is 1. The molecule has 0 spiro atoms. The smallest absolute Gasteiger partial charge is 0.433 e. The molecule has 2 N–H and O–H groups in total. The first-order chi connectivity index (χ1) is 13.0. The Hall–Kier alpha value is -3.01. The number of anilines is 1. The molecule has 1 aromatic carbocycles. The van der Waals surface area contributed by atoms with Crippen LogP contribution in [0.3, 0.4) is 0 Å². The van der Waals surface area contributed by atoms with Crippen LogP contribution in [-0.2, 0) is 11.0 Å². The fraction of sp³-hybridized carbons (Fsp3) is 0.333. The first kappa shape index (κ1) is 23.0. The van der Waals surface area contributed by atoms with Gasteiger partial charge in [0.15, 0.2) is 0 Å². The maximum absolute atomic E-state index is 12.5. The lowest BCUT2D eigenvalue weighted by atomic mass is 9.87. The van der Waals surface area contributed by atoms with Gasteiger partial charge >= 0.3 is 6.18 Å². The number of phenols is 1. The minimum absolute atomic E-state index is 0.108. The molecule has 2 aromatic rings. The second kappa shape index (κ2) is 9.79. The lowest BCUT2D eigenvalue weighted by Crippen LogP contribution is -2.30. The van der Waals surface area contributed by atoms with Crippen molar-refractivity contribution >= 4 is 11.6 Å². The number of carbonyl (C=O) groups excluding carboxylic acids is 1. The summed E-state index contributed by atoms with van der Waals surface area (Å²) < 4.78 is 37.5. The summed E-state index contributed by atoms with van der Waals surface area (Å²) in [5.74, 6) is 2.21. The maximum Gasteiger partial charge on any atom is 0.433 e. The minimum Gasteiger partial charge on any atom is -0.507 e. The molecule has 0 unspecified atom stereocenters. The third-order valence-electron chi connectivity index (χ3n) is 3.86. The lowest BCUT2D eigenvalue weighted by Gasteiger charge is -2.23. The average molecular weight is 392 g/mol. The number of aromatic nitrogens is 1. The molecular weight excluding hydrogens is 369 g/mol. The topological polar surface area (TPSA) is 62.2 Å². The van der Waals surface area contributed by atoms with E-state index in [0.717, 1.165) is 18.7 Å². The number of hydrogen-bond acceptors (Lipinski definition) is 3. The second-order valence-electron chi connectivity index (χ2n) is 6.68. The van der Waals surface area contributed by atoms with Crippen molar-refractivity contribution in [2.45, 2.75) is 39.8 Å². The Kier molecular flexibility index (Phi) is 8.05. The lowest BCUT2D eigenvalue weighted by molar-refractivity contribution is -0.141. The number of phenolic OH excluding ortho intramolecular Hbond substituents is 1. The molecule has 28 heavy (non-hydrogen) atoms. The Labute approximate surface area is 162 Å². The normalized spacial score (nSPS) is 11.0. The van der Waals surface area contributed by atoms with Crippen LogP contribution >= 0.6 is 0 Å². The van der Waals surface area contributed by atoms with Gasteiger partial charge in [-0.05, 0) is 30.7 Å². The van der Waals surface area contributed by atoms with Crippen molar-refractivity contribution in [3.8, 4) is 18.1 Å². The summed E-state index contributed by atoms with van der Waals surface area (Å²) in [7, 11) is 0. The highest BCUT2D eigenvalue weighted by molar-refractivity contribution is 5.94. The fourth-order valence-electron chi connectivity index (χ4n) is 2.30. The summed E-state index contributed by atoms with van der Waals surface area (Å²) in [6.07, 6.45) is 3.05. The number of alkyl halides is 3. The Morgan fingerprint density at radius 3 is 2.39 bits per heavy atom. The van der Waals surface area contributed by atoms with E-state index in [1.54, 1.807) is 38.1 Å². The molecule has 2 rings (SSSR count). The van der Waals surface area contributed by atoms with Crippen molar-refractivity contribution < 1.29 is 23.1 Å². The highest BCUT2D eigenvalue weighted by Gasteiger charge is 2.33. The summed E-state index contributed by atoms with van der Waals surface area (Å²) in [5.41, 5.74) is -0.983. The standard InChI is InChI=1S/C13H17F3N2O.C8H6O/c1-4-6-12(2,3)11(19)18-9-5-7-17-10(8-9)13(14,15)16;1-2-7-5-3-4-6-8(7)9/h5,7-8H,4,6H2,1-3H3,(H,17,18,19);1,3-6,9H. The molecular formula is C21H23F3N2O2. The molecule has 7 heteroatoms. The van der Waals surface area contributed by atoms with E-state index in [4.69, 9.17) is 11.5 Å². The molecule has 0 aliphatic rings. The largest absolute Gasteiger partial charge is 0.507 e. The van der Waals surface area contributed by atoms with Gasteiger partial charge in [-0.3, -0.25) is 9.78 Å². The quantitative estimate of drug-likeness (QED) is 0.700. The number of nitrogens with one attached hydrogen (secondary N) is 1. The zero-order valence-corrected chi connectivity index (χ0v) is 16.0. The highest BCUT2D eigenvalue weighted by atomic mass is 19.4. The van der Waals surface area contributed by atoms with Gasteiger partial charge in [0.1, 0.15) is 11.4 Å². The molecule has 0 saturated heterocycles. The number of hydrogen-bond donors (Lipinski definition) is 2. The van der Waals surface area contributed by atoms with Crippen LogP contribution in [0, 0.1) is 17.8 Å². The number of para-hydroxylation sites is 1. The molecule has 1 heterocycles. The summed E-state index contributed by atoms with van der Waals surface area (Å²) in [4.78, 5) is 15.2. The molecule has 1 aromatic heterocycles. The van der Waals surface area contributed by atoms with Crippen LogP contribution in [0.4, 0.5) is 18.9 Å². The third kappa shape index (κ3) is 6.95. The molecule has 4 nitrogen and oxygen atoms in total. The van der Waals surface area contributed by atoms with Crippen LogP contribution in [0.1, 0.15) is 44.9 Å². The zero-order chi connectivity index (χ0) is 21.4. The van der Waals surface area contributed by atoms with Gasteiger partial charge < -0.3 is 10.4 Å². The summed E-state index contributed by atoms with van der Waals surface area (Å²) in [6.45, 7) is 5.47. The van der Waals surface area contributed by atoms with Gasteiger partial charge in [-0.1, -0.05) is 45.2 Å². The van der Waals surface area contributed by atoms with E-state index in [2.05, 4.69) is 16.2 Å². The third-order valence-corrected chi connectivity index (χ3v) is 3.86. The Morgan fingerprint density at radius 1 is 1.25 bits per heavy atom. The molecule has 0 fully saturated rings. The second-order valence-corrected chi connectivity index (χ2v) is 6.68. The summed E-state index contributed by atoms with van der Waals surface area (Å²) in [6, 6.07) is 8.95. The number of pyridine rings is 1. The van der Waals surface area contributed by atoms with Gasteiger partial charge in [0.05, 0.1) is 5.56 Å². The predicted molar refractivity (Wildman–Crippen MR) is 103 cm³/mol. The summed E-state index contributed by atoms with van der Waals surface area (Å²) in [5, 5.41) is 11.5. The van der Waals surface area contributed by atoms with Crippen molar-refractivity contribution in [3.63, 3.8) is 0 Å². The van der Waals surface area contributed by atoms with Gasteiger partial charge in [-0.15, -0.1) is 6.42 Å². The molecule has 0 aliphatic carbocycles. The van der Waals surface area contributed by atoms with Crippen molar-refractivity contribution in [2.24, 2.45) is 5.41 Å². The van der Waals surface area contributed by atoms with Gasteiger partial charge in [-0.2, -0.15) is 13.2 Å². The van der Waals surface area contributed by atoms with Crippen molar-refractivity contribution in [3.05, 3.63) is 53.9 Å². The van der Waals surface area contributed by atoms with Crippen LogP contribution in [-0.4, -0.2) is 16.0 Å². The molecule has 150 valence electrons. The number of amides is 1. The number of halogens is 3. The van der Waals surface area contributed by atoms with Crippen molar-refractivity contribution in [1.29, 1.82) is 0 Å². The average Bonchev–Trinajstić information content (AvgIpc) is 2.62. The fourth-order valence-corrected chi connectivity index (χ4v) is 2.30. The molecule has 0 aliphatic heterocycles. The highest BCUT2D eigenvalue weighted by Crippen LogP contribution is 2.30. The van der Waals surface area contributed by atoms with Crippen molar-refractivity contribution in [1.82, 2.24) is 4.98 Å². The number of terminal acetylenes is 1. The van der Waals surface area contributed by atoms with Crippen molar-refractivity contribution in [2.75, 3.05) is 5.32 Å². The van der Waals surface area contributed by atoms with E-state index >= 15 is 0 Å². The van der Waals surface area contributed by atoms with Crippen LogP contribution in [0.2, 0.25) is 0 Å². The number of rotatable bonds is 4. The van der Waals surface area contributed by atoms with E-state index in [-0.39, 0.29) is 17.3 Å². The van der Waals surface area contributed by atoms with Crippen LogP contribution in [0.25, 0.3) is 0 Å². The number of nitrogens with zero attached hydrogens (tertiary/aromatic N) is 1. The van der Waals surface area contributed by atoms with Gasteiger partial charge in [0, 0.05) is 17.3 Å². The predicted octanol–water partition coefficient (Wildman–Crippen LogP) is 5.24.